The van der Waals surface area contributed by atoms with Crippen LogP contribution in [-0.2, 0) is 4.79 Å². The molecule has 39 heavy (non-hydrogen) atoms. The first-order valence-corrected chi connectivity index (χ1v) is 13.4. The second-order valence-electron chi connectivity index (χ2n) is 10.8. The zero-order valence-electron chi connectivity index (χ0n) is 22.6. The molecule has 2 fully saturated rings. The van der Waals surface area contributed by atoms with Crippen LogP contribution in [0.15, 0.2) is 43.3 Å². The van der Waals surface area contributed by atoms with Crippen molar-refractivity contribution >= 4 is 23.1 Å². The van der Waals surface area contributed by atoms with E-state index in [4.69, 9.17) is 5.73 Å². The molecule has 0 atom stereocenters. The van der Waals surface area contributed by atoms with Gasteiger partial charge in [0.2, 0.25) is 0 Å². The molecule has 5 rings (SSSR count). The second kappa shape index (κ2) is 10.9. The highest BCUT2D eigenvalue weighted by molar-refractivity contribution is 6.24. The third-order valence-corrected chi connectivity index (χ3v) is 7.49. The van der Waals surface area contributed by atoms with Crippen molar-refractivity contribution in [1.29, 1.82) is 0 Å². The van der Waals surface area contributed by atoms with Crippen LogP contribution in [0.2, 0.25) is 0 Å². The number of hydrogen-bond acceptors (Lipinski definition) is 8. The monoisotopic (exact) mass is 529 g/mol. The predicted octanol–water partition coefficient (Wildman–Crippen LogP) is 2.92. The van der Waals surface area contributed by atoms with Crippen LogP contribution in [0.5, 0.6) is 0 Å². The maximum absolute atomic E-state index is 13.1. The smallest absolute Gasteiger partial charge is 0.259 e. The number of anilines is 1. The third-order valence-electron chi connectivity index (χ3n) is 7.49. The van der Waals surface area contributed by atoms with E-state index in [2.05, 4.69) is 49.4 Å². The van der Waals surface area contributed by atoms with Crippen LogP contribution >= 0.6 is 0 Å². The lowest BCUT2D eigenvalue weighted by molar-refractivity contribution is -0.111. The highest BCUT2D eigenvalue weighted by Crippen LogP contribution is 2.35. The highest BCUT2D eigenvalue weighted by atomic mass is 16.2. The van der Waals surface area contributed by atoms with Crippen LogP contribution in [-0.4, -0.2) is 66.6 Å². The van der Waals surface area contributed by atoms with Gasteiger partial charge < -0.3 is 16.4 Å². The van der Waals surface area contributed by atoms with Gasteiger partial charge in [0.15, 0.2) is 0 Å². The van der Waals surface area contributed by atoms with Gasteiger partial charge in [-0.15, -0.1) is 0 Å². The summed E-state index contributed by atoms with van der Waals surface area (Å²) < 4.78 is 1.95. The Kier molecular flexibility index (Phi) is 7.42. The Balaban J connectivity index is 1.22. The maximum atomic E-state index is 13.1. The Morgan fingerprint density at radius 2 is 1.97 bits per heavy atom. The van der Waals surface area contributed by atoms with Crippen molar-refractivity contribution in [2.75, 3.05) is 25.0 Å². The number of hydrogen-bond donors (Lipinski definition) is 3. The van der Waals surface area contributed by atoms with E-state index < -0.39 is 5.91 Å². The lowest BCUT2D eigenvalue weighted by atomic mass is 10.0. The van der Waals surface area contributed by atoms with Crippen molar-refractivity contribution in [3.63, 3.8) is 0 Å². The van der Waals surface area contributed by atoms with Crippen LogP contribution in [0.1, 0.15) is 67.3 Å². The molecule has 1 saturated carbocycles. The molecule has 4 heterocycles. The van der Waals surface area contributed by atoms with Gasteiger partial charge in [-0.2, -0.15) is 5.10 Å². The number of likely N-dealkylation sites (tertiary alicyclic amines) is 1. The number of nitrogens with one attached hydrogen (secondary N) is 2. The topological polar surface area (TPSA) is 144 Å². The Labute approximate surface area is 227 Å². The van der Waals surface area contributed by atoms with E-state index in [1.165, 1.54) is 25.0 Å². The fourth-order valence-corrected chi connectivity index (χ4v) is 4.86. The average Bonchev–Trinajstić information content (AvgIpc) is 3.55. The van der Waals surface area contributed by atoms with Crippen LogP contribution in [0, 0.1) is 6.92 Å². The molecular weight excluding hydrogens is 494 g/mol. The standard InChI is InChI=1S/C28H35N9O2/c1-18-23(11-19(13-31-18)26(38)30-8-10-36-9-4-7-28(36,2)3)35-27(39)22(12-29)25-16-32-24(15-33-25)20-14-34-37(17-20)21-5-6-21/h11-17,21H,4-10,29H2,1-3H3,(H,30,38)(H,35,39). The van der Waals surface area contributed by atoms with Crippen molar-refractivity contribution in [2.45, 2.75) is 58.0 Å². The zero-order chi connectivity index (χ0) is 27.6. The number of nitrogens with zero attached hydrogens (tertiary/aromatic N) is 6. The van der Waals surface area contributed by atoms with E-state index in [9.17, 15) is 9.59 Å². The summed E-state index contributed by atoms with van der Waals surface area (Å²) in [5, 5.41) is 10.2. The number of amides is 2. The van der Waals surface area contributed by atoms with E-state index in [0.29, 0.717) is 40.9 Å². The van der Waals surface area contributed by atoms with E-state index in [-0.39, 0.29) is 17.0 Å². The maximum Gasteiger partial charge on any atom is 0.259 e. The van der Waals surface area contributed by atoms with Crippen molar-refractivity contribution in [3.05, 3.63) is 60.2 Å². The molecule has 11 nitrogen and oxygen atoms in total. The summed E-state index contributed by atoms with van der Waals surface area (Å²) in [6.45, 7) is 8.59. The van der Waals surface area contributed by atoms with E-state index in [1.807, 2.05) is 10.9 Å². The number of carbonyl (C=O) groups excluding carboxylic acids is 2. The van der Waals surface area contributed by atoms with Gasteiger partial charge in [0, 0.05) is 42.8 Å². The molecule has 0 aromatic carbocycles. The molecule has 2 aliphatic rings. The van der Waals surface area contributed by atoms with Crippen molar-refractivity contribution in [1.82, 2.24) is 34.9 Å². The first-order chi connectivity index (χ1) is 18.7. The van der Waals surface area contributed by atoms with Gasteiger partial charge in [0.05, 0.1) is 58.5 Å². The quantitative estimate of drug-likeness (QED) is 0.359. The van der Waals surface area contributed by atoms with Gasteiger partial charge in [-0.05, 0) is 59.1 Å². The molecule has 3 aromatic rings. The Hall–Kier alpha value is -4.12. The SMILES string of the molecule is Cc1ncc(C(=O)NCCN2CCCC2(C)C)cc1NC(=O)C(=CN)c1cnc(-c2cnn(C3CC3)c2)cn1. The van der Waals surface area contributed by atoms with Crippen LogP contribution in [0.25, 0.3) is 16.8 Å². The zero-order valence-corrected chi connectivity index (χ0v) is 22.6. The minimum atomic E-state index is -0.472. The molecule has 2 amide bonds. The molecule has 1 saturated heterocycles. The molecule has 3 aromatic heterocycles. The third kappa shape index (κ3) is 5.98. The minimum absolute atomic E-state index is 0.158. The predicted molar refractivity (Wildman–Crippen MR) is 149 cm³/mol. The Morgan fingerprint density at radius 3 is 2.64 bits per heavy atom. The van der Waals surface area contributed by atoms with Crippen molar-refractivity contribution < 1.29 is 9.59 Å². The van der Waals surface area contributed by atoms with E-state index >= 15 is 0 Å². The van der Waals surface area contributed by atoms with Gasteiger partial charge in [-0.3, -0.25) is 34.1 Å². The minimum Gasteiger partial charge on any atom is -0.404 e. The van der Waals surface area contributed by atoms with Gasteiger partial charge in [0.25, 0.3) is 11.8 Å². The number of pyridine rings is 1. The Bertz CT molecular complexity index is 1390. The van der Waals surface area contributed by atoms with Gasteiger partial charge >= 0.3 is 0 Å². The molecule has 0 spiro atoms. The summed E-state index contributed by atoms with van der Waals surface area (Å²) in [7, 11) is 0. The molecule has 11 heteroatoms. The van der Waals surface area contributed by atoms with Crippen molar-refractivity contribution in [3.8, 4) is 11.3 Å². The fraction of sp³-hybridized carbons (Fsp3) is 0.429. The molecule has 1 aliphatic carbocycles. The van der Waals surface area contributed by atoms with Crippen molar-refractivity contribution in [2.24, 2.45) is 5.73 Å². The summed E-state index contributed by atoms with van der Waals surface area (Å²) in [6, 6.07) is 2.10. The summed E-state index contributed by atoms with van der Waals surface area (Å²) in [4.78, 5) is 41.5. The lowest BCUT2D eigenvalue weighted by Crippen LogP contribution is -2.43. The second-order valence-corrected chi connectivity index (χ2v) is 10.8. The number of nitrogens with two attached hydrogens (primary N) is 1. The molecule has 0 bridgehead atoms. The van der Waals surface area contributed by atoms with Crippen LogP contribution in [0.3, 0.4) is 0 Å². The van der Waals surface area contributed by atoms with E-state index in [0.717, 1.165) is 37.9 Å². The molecule has 204 valence electrons. The average molecular weight is 530 g/mol. The number of aryl methyl sites for hydroxylation is 1. The summed E-state index contributed by atoms with van der Waals surface area (Å²) in [6.07, 6.45) is 14.2. The van der Waals surface area contributed by atoms with E-state index in [1.54, 1.807) is 25.4 Å². The molecule has 4 N–H and O–H groups in total. The fourth-order valence-electron chi connectivity index (χ4n) is 4.86. The van der Waals surface area contributed by atoms with Gasteiger partial charge in [-0.1, -0.05) is 0 Å². The summed E-state index contributed by atoms with van der Waals surface area (Å²) in [5.41, 5.74) is 9.34. The molecular formula is C28H35N9O2. The largest absolute Gasteiger partial charge is 0.404 e. The number of carbonyl (C=O) groups is 2. The first-order valence-electron chi connectivity index (χ1n) is 13.4. The molecule has 1 aliphatic heterocycles. The first kappa shape index (κ1) is 26.5. The highest BCUT2D eigenvalue weighted by Gasteiger charge is 2.31. The summed E-state index contributed by atoms with van der Waals surface area (Å²) >= 11 is 0. The van der Waals surface area contributed by atoms with Crippen LogP contribution < -0.4 is 16.4 Å². The lowest BCUT2D eigenvalue weighted by Gasteiger charge is -2.31. The Morgan fingerprint density at radius 1 is 1.15 bits per heavy atom. The summed E-state index contributed by atoms with van der Waals surface area (Å²) in [5.74, 6) is -0.712. The van der Waals surface area contributed by atoms with Crippen LogP contribution in [0.4, 0.5) is 5.69 Å². The molecule has 0 unspecified atom stereocenters. The van der Waals surface area contributed by atoms with Gasteiger partial charge in [0.1, 0.15) is 0 Å². The number of aromatic nitrogens is 5. The normalized spacial score (nSPS) is 17.3. The number of rotatable bonds is 9. The van der Waals surface area contributed by atoms with Gasteiger partial charge in [-0.25, -0.2) is 0 Å². The molecule has 0 radical (unpaired) electrons.